The van der Waals surface area contributed by atoms with Crippen LogP contribution in [0.4, 0.5) is 0 Å². The van der Waals surface area contributed by atoms with E-state index in [1.165, 1.54) is 87.8 Å². The Morgan fingerprint density at radius 2 is 1.40 bits per heavy atom. The van der Waals surface area contributed by atoms with Gasteiger partial charge in [0.15, 0.2) is 0 Å². The van der Waals surface area contributed by atoms with Gasteiger partial charge in [0.1, 0.15) is 5.65 Å². The van der Waals surface area contributed by atoms with Crippen LogP contribution in [0.5, 0.6) is 0 Å². The molecule has 0 fully saturated rings. The fourth-order valence-electron chi connectivity index (χ4n) is 11.3. The average molecular weight is 917 g/mol. The number of fused-ring (bicyclic) bond motifs is 10. The van der Waals surface area contributed by atoms with Crippen molar-refractivity contribution in [1.82, 2.24) is 9.38 Å². The number of hydrogen-bond acceptors (Lipinski definition) is 1. The summed E-state index contributed by atoms with van der Waals surface area (Å²) >= 11 is 0. The van der Waals surface area contributed by atoms with Gasteiger partial charge >= 0.3 is 0 Å². The lowest BCUT2D eigenvalue weighted by molar-refractivity contribution is 0.599. The number of nitrogens with zero attached hydrogens (tertiary/aromatic N) is 2. The van der Waals surface area contributed by atoms with E-state index in [0.717, 1.165) is 47.9 Å². The Bertz CT molecular complexity index is 3780. The highest BCUT2D eigenvalue weighted by Crippen LogP contribution is 2.58. The zero-order valence-corrected chi connectivity index (χ0v) is 40.4. The molecule has 2 aromatic heterocycles. The maximum Gasteiger partial charge on any atom is 0.146 e. The average Bonchev–Trinajstić information content (AvgIpc) is 3.53. The van der Waals surface area contributed by atoms with Crippen molar-refractivity contribution in [3.63, 3.8) is 0 Å². The van der Waals surface area contributed by atoms with Crippen LogP contribution in [-0.4, -0.2) is 9.38 Å². The summed E-state index contributed by atoms with van der Waals surface area (Å²) in [6.07, 6.45) is 31.3. The lowest BCUT2D eigenvalue weighted by Crippen LogP contribution is -2.36. The van der Waals surface area contributed by atoms with Crippen molar-refractivity contribution in [2.24, 2.45) is 0 Å². The Labute approximate surface area is 412 Å². The highest BCUT2D eigenvalue weighted by atomic mass is 31.1. The molecular weight excluding hydrogens is 864 g/mol. The molecule has 0 amide bonds. The molecule has 0 bridgehead atoms. The molecule has 0 spiro atoms. The SMILES string of the molecule is C=C/C=C(\C=C/CC)P(C1=CC2=C(CC=C1)c1ccc(-c3ccc(-c4ccc5c6ccccc6c6nc7ccccc7n6c5c4)cc3)cc1CC2(C1=CCC=CC=C1)c1ccccc1)c1ccccc1. The highest BCUT2D eigenvalue weighted by molar-refractivity contribution is 7.74. The first kappa shape index (κ1) is 43.4. The minimum absolute atomic E-state index is 0.432. The van der Waals surface area contributed by atoms with Crippen LogP contribution in [0.1, 0.15) is 42.9 Å². The maximum absolute atomic E-state index is 5.14. The number of allylic oxidation sites excluding steroid dienone is 17. The van der Waals surface area contributed by atoms with E-state index in [1.807, 2.05) is 6.08 Å². The number of hydrogen-bond donors (Lipinski definition) is 0. The van der Waals surface area contributed by atoms with E-state index >= 15 is 0 Å². The van der Waals surface area contributed by atoms with Gasteiger partial charge < -0.3 is 0 Å². The van der Waals surface area contributed by atoms with Gasteiger partial charge in [0.2, 0.25) is 0 Å². The lowest BCUT2D eigenvalue weighted by Gasteiger charge is -2.43. The first-order chi connectivity index (χ1) is 34.6. The molecule has 3 heteroatoms. The third kappa shape index (κ3) is 7.52. The summed E-state index contributed by atoms with van der Waals surface area (Å²) in [5.74, 6) is 0. The van der Waals surface area contributed by atoms with Crippen LogP contribution in [0.15, 0.2) is 271 Å². The Hall–Kier alpha value is -7.90. The van der Waals surface area contributed by atoms with Crippen molar-refractivity contribution in [2.45, 2.75) is 38.0 Å². The molecule has 0 saturated carbocycles. The van der Waals surface area contributed by atoms with Crippen LogP contribution in [-0.2, 0) is 11.8 Å². The van der Waals surface area contributed by atoms with Crippen LogP contribution in [0.2, 0.25) is 0 Å². The van der Waals surface area contributed by atoms with E-state index in [4.69, 9.17) is 4.98 Å². The van der Waals surface area contributed by atoms with Crippen LogP contribution >= 0.6 is 7.92 Å². The van der Waals surface area contributed by atoms with E-state index in [0.29, 0.717) is 0 Å². The van der Waals surface area contributed by atoms with Gasteiger partial charge in [-0.1, -0.05) is 232 Å². The number of rotatable bonds is 10. The Kier molecular flexibility index (Phi) is 11.5. The molecule has 336 valence electrons. The lowest BCUT2D eigenvalue weighted by atomic mass is 9.59. The zero-order chi connectivity index (χ0) is 47.0. The molecular formula is C67H53N2P. The van der Waals surface area contributed by atoms with Crippen molar-refractivity contribution >= 4 is 57.2 Å². The molecule has 9 aromatic rings. The van der Waals surface area contributed by atoms with Gasteiger partial charge in [-0.05, 0) is 135 Å². The highest BCUT2D eigenvalue weighted by Gasteiger charge is 2.44. The van der Waals surface area contributed by atoms with Crippen molar-refractivity contribution in [3.8, 4) is 22.3 Å². The quantitative estimate of drug-likeness (QED) is 0.0759. The number of para-hydroxylation sites is 2. The molecule has 0 radical (unpaired) electrons. The molecule has 70 heavy (non-hydrogen) atoms. The third-order valence-corrected chi connectivity index (χ3v) is 16.9. The Morgan fingerprint density at radius 3 is 2.20 bits per heavy atom. The summed E-state index contributed by atoms with van der Waals surface area (Å²) < 4.78 is 2.34. The van der Waals surface area contributed by atoms with E-state index in [1.54, 1.807) is 0 Å². The predicted octanol–water partition coefficient (Wildman–Crippen LogP) is 17.5. The summed E-state index contributed by atoms with van der Waals surface area (Å²) in [6.45, 7) is 6.39. The second-order valence-electron chi connectivity index (χ2n) is 18.5. The second kappa shape index (κ2) is 18.5. The smallest absolute Gasteiger partial charge is 0.146 e. The first-order valence-corrected chi connectivity index (χ1v) is 26.0. The van der Waals surface area contributed by atoms with Gasteiger partial charge in [-0.2, -0.15) is 0 Å². The summed E-state index contributed by atoms with van der Waals surface area (Å²) in [5.41, 5.74) is 16.8. The van der Waals surface area contributed by atoms with Crippen LogP contribution in [0.25, 0.3) is 66.2 Å². The zero-order valence-electron chi connectivity index (χ0n) is 39.5. The molecule has 0 N–H and O–H groups in total. The number of pyridine rings is 1. The van der Waals surface area contributed by atoms with Crippen molar-refractivity contribution in [1.29, 1.82) is 0 Å². The summed E-state index contributed by atoms with van der Waals surface area (Å²) in [4.78, 5) is 5.14. The molecule has 7 aromatic carbocycles. The fraction of sp³-hybridized carbons (Fsp3) is 0.0896. The van der Waals surface area contributed by atoms with Crippen LogP contribution < -0.4 is 5.30 Å². The van der Waals surface area contributed by atoms with Crippen molar-refractivity contribution < 1.29 is 0 Å². The Morgan fingerprint density at radius 1 is 0.686 bits per heavy atom. The molecule has 12 rings (SSSR count). The minimum atomic E-state index is -0.900. The molecule has 2 unspecified atom stereocenters. The fourth-order valence-corrected chi connectivity index (χ4v) is 13.7. The second-order valence-corrected chi connectivity index (χ2v) is 20.7. The standard InChI is InChI=1S/C67H53N2P/c1-3-5-26-54(21-4-2)70(55-27-14-9-15-28-55)56-29-20-32-59-57-41-39-49(43-51(57)46-67(62(59)45-56,53-24-12-8-13-25-53)52-22-10-6-7-11-23-52)47-35-37-48(38-36-47)50-40-42-60-58-30-16-17-31-61(58)66-68-63-33-18-19-34-64(63)69(66)65(60)44-50/h4-10,12-31,33-45H,2-3,11,32,46H2,1H3/b26-5-,54-21+. The van der Waals surface area contributed by atoms with E-state index in [2.05, 4.69) is 255 Å². The summed E-state index contributed by atoms with van der Waals surface area (Å²) in [5, 5.41) is 7.59. The molecule has 2 nitrogen and oxygen atoms in total. The maximum atomic E-state index is 5.14. The molecule has 0 saturated heterocycles. The van der Waals surface area contributed by atoms with Crippen molar-refractivity contribution in [3.05, 3.63) is 288 Å². The van der Waals surface area contributed by atoms with Crippen LogP contribution in [0, 0.1) is 0 Å². The van der Waals surface area contributed by atoms with Crippen molar-refractivity contribution in [2.75, 3.05) is 0 Å². The van der Waals surface area contributed by atoms with Gasteiger partial charge in [0, 0.05) is 16.2 Å². The van der Waals surface area contributed by atoms with Gasteiger partial charge in [0.05, 0.1) is 16.6 Å². The molecule has 3 aliphatic rings. The van der Waals surface area contributed by atoms with Gasteiger partial charge in [-0.3, -0.25) is 4.40 Å². The molecule has 2 heterocycles. The predicted molar refractivity (Wildman–Crippen MR) is 301 cm³/mol. The monoisotopic (exact) mass is 916 g/mol. The minimum Gasteiger partial charge on any atom is -0.292 e. The molecule has 2 atom stereocenters. The number of benzene rings is 7. The topological polar surface area (TPSA) is 17.3 Å². The third-order valence-electron chi connectivity index (χ3n) is 14.5. The number of aromatic nitrogens is 2. The van der Waals surface area contributed by atoms with Crippen LogP contribution in [0.3, 0.4) is 0 Å². The number of imidazole rings is 1. The summed E-state index contributed by atoms with van der Waals surface area (Å²) in [6, 6.07) is 62.9. The first-order valence-electron chi connectivity index (χ1n) is 24.6. The van der Waals surface area contributed by atoms with E-state index < -0.39 is 13.3 Å². The van der Waals surface area contributed by atoms with E-state index in [9.17, 15) is 0 Å². The summed E-state index contributed by atoms with van der Waals surface area (Å²) in [7, 11) is -0.900. The molecule has 0 aliphatic heterocycles. The van der Waals surface area contributed by atoms with Gasteiger partial charge in [-0.15, -0.1) is 0 Å². The molecule has 3 aliphatic carbocycles. The van der Waals surface area contributed by atoms with Gasteiger partial charge in [-0.25, -0.2) is 4.98 Å². The Balaban J connectivity index is 0.997. The van der Waals surface area contributed by atoms with Gasteiger partial charge in [0.25, 0.3) is 0 Å². The largest absolute Gasteiger partial charge is 0.292 e. The normalized spacial score (nSPS) is 17.4. The van der Waals surface area contributed by atoms with E-state index in [-0.39, 0.29) is 0 Å².